The van der Waals surface area contributed by atoms with Crippen molar-refractivity contribution in [3.63, 3.8) is 0 Å². The number of hydrogen-bond donors (Lipinski definition) is 1. The Balaban J connectivity index is 1.91. The smallest absolute Gasteiger partial charge is 0.234 e. The molecule has 2 N–H and O–H groups in total. The van der Waals surface area contributed by atoms with Crippen molar-refractivity contribution in [3.8, 4) is 11.4 Å². The lowest BCUT2D eigenvalue weighted by Gasteiger charge is -2.32. The Hall–Kier alpha value is -1.79. The largest absolute Gasteiger partial charge is 0.381 e. The Kier molecular flexibility index (Phi) is 3.50. The van der Waals surface area contributed by atoms with Crippen LogP contribution in [0.15, 0.2) is 28.8 Å². The predicted octanol–water partition coefficient (Wildman–Crippen LogP) is 1.88. The van der Waals surface area contributed by atoms with Crippen LogP contribution in [0.25, 0.3) is 11.4 Å². The maximum atomic E-state index is 12.9. The van der Waals surface area contributed by atoms with E-state index in [2.05, 4.69) is 10.1 Å². The van der Waals surface area contributed by atoms with Crippen molar-refractivity contribution < 1.29 is 13.7 Å². The van der Waals surface area contributed by atoms with E-state index in [4.69, 9.17) is 15.0 Å². The van der Waals surface area contributed by atoms with Gasteiger partial charge < -0.3 is 15.0 Å². The van der Waals surface area contributed by atoms with E-state index in [-0.39, 0.29) is 11.2 Å². The first-order valence-corrected chi connectivity index (χ1v) is 6.61. The van der Waals surface area contributed by atoms with E-state index in [1.165, 1.54) is 12.1 Å². The van der Waals surface area contributed by atoms with Crippen LogP contribution < -0.4 is 5.73 Å². The first-order valence-electron chi connectivity index (χ1n) is 6.61. The molecule has 0 unspecified atom stereocenters. The van der Waals surface area contributed by atoms with Gasteiger partial charge in [-0.1, -0.05) is 5.16 Å². The molecule has 0 spiro atoms. The molecule has 6 heteroatoms. The number of benzene rings is 1. The van der Waals surface area contributed by atoms with Crippen LogP contribution in [0.1, 0.15) is 18.7 Å². The van der Waals surface area contributed by atoms with Crippen molar-refractivity contribution in [3.05, 3.63) is 36.0 Å². The highest BCUT2D eigenvalue weighted by Gasteiger charge is 2.38. The van der Waals surface area contributed by atoms with Gasteiger partial charge in [-0.05, 0) is 37.1 Å². The van der Waals surface area contributed by atoms with Crippen molar-refractivity contribution in [2.45, 2.75) is 18.3 Å². The summed E-state index contributed by atoms with van der Waals surface area (Å²) in [6.07, 6.45) is 1.54. The van der Waals surface area contributed by atoms with Crippen LogP contribution in [0.5, 0.6) is 0 Å². The summed E-state index contributed by atoms with van der Waals surface area (Å²) in [5.41, 5.74) is 6.33. The molecule has 1 saturated heterocycles. The molecule has 1 aliphatic rings. The molecule has 0 bridgehead atoms. The molecule has 1 fully saturated rings. The van der Waals surface area contributed by atoms with Gasteiger partial charge in [-0.15, -0.1) is 0 Å². The first kappa shape index (κ1) is 13.2. The molecule has 3 rings (SSSR count). The zero-order valence-corrected chi connectivity index (χ0v) is 11.0. The van der Waals surface area contributed by atoms with E-state index >= 15 is 0 Å². The summed E-state index contributed by atoms with van der Waals surface area (Å²) in [7, 11) is 0. The molecule has 20 heavy (non-hydrogen) atoms. The summed E-state index contributed by atoms with van der Waals surface area (Å²) in [5, 5.41) is 3.98. The Labute approximate surface area is 115 Å². The number of nitrogens with two attached hydrogens (primary N) is 1. The predicted molar refractivity (Wildman–Crippen MR) is 70.5 cm³/mol. The molecule has 5 nitrogen and oxygen atoms in total. The molecule has 0 atom stereocenters. The third kappa shape index (κ3) is 2.32. The summed E-state index contributed by atoms with van der Waals surface area (Å²) < 4.78 is 23.7. The highest BCUT2D eigenvalue weighted by atomic mass is 19.1. The van der Waals surface area contributed by atoms with E-state index in [9.17, 15) is 4.39 Å². The van der Waals surface area contributed by atoms with Crippen LogP contribution in [-0.4, -0.2) is 29.9 Å². The maximum absolute atomic E-state index is 12.9. The zero-order chi connectivity index (χ0) is 14.0. The van der Waals surface area contributed by atoms with E-state index in [1.54, 1.807) is 12.1 Å². The average Bonchev–Trinajstić information content (AvgIpc) is 2.99. The van der Waals surface area contributed by atoms with Crippen LogP contribution in [-0.2, 0) is 10.2 Å². The lowest BCUT2D eigenvalue weighted by atomic mass is 9.80. The van der Waals surface area contributed by atoms with E-state index in [1.807, 2.05) is 0 Å². The van der Waals surface area contributed by atoms with Gasteiger partial charge in [-0.25, -0.2) is 4.39 Å². The van der Waals surface area contributed by atoms with Gasteiger partial charge >= 0.3 is 0 Å². The molecule has 1 aliphatic heterocycles. The molecule has 1 aromatic heterocycles. The fourth-order valence-electron chi connectivity index (χ4n) is 2.42. The van der Waals surface area contributed by atoms with Gasteiger partial charge in [0.15, 0.2) is 0 Å². The summed E-state index contributed by atoms with van der Waals surface area (Å²) in [4.78, 5) is 4.44. The molecular weight excluding hydrogens is 261 g/mol. The molecule has 0 amide bonds. The monoisotopic (exact) mass is 277 g/mol. The molecule has 2 heterocycles. The zero-order valence-electron chi connectivity index (χ0n) is 11.0. The van der Waals surface area contributed by atoms with Crippen molar-refractivity contribution in [1.29, 1.82) is 0 Å². The Bertz CT molecular complexity index is 576. The number of rotatable bonds is 3. The highest BCUT2D eigenvalue weighted by molar-refractivity contribution is 5.53. The minimum atomic E-state index is -0.302. The minimum absolute atomic E-state index is 0.291. The Morgan fingerprint density at radius 2 is 1.90 bits per heavy atom. The maximum Gasteiger partial charge on any atom is 0.234 e. The summed E-state index contributed by atoms with van der Waals surface area (Å²) in [6, 6.07) is 6.00. The van der Waals surface area contributed by atoms with Gasteiger partial charge in [-0.3, -0.25) is 0 Å². The second-order valence-corrected chi connectivity index (χ2v) is 5.03. The molecule has 106 valence electrons. The van der Waals surface area contributed by atoms with Crippen LogP contribution in [0.3, 0.4) is 0 Å². The summed E-state index contributed by atoms with van der Waals surface area (Å²) >= 11 is 0. The fraction of sp³-hybridized carbons (Fsp3) is 0.429. The van der Waals surface area contributed by atoms with E-state index in [0.29, 0.717) is 31.5 Å². The second kappa shape index (κ2) is 5.30. The van der Waals surface area contributed by atoms with Crippen LogP contribution in [0.4, 0.5) is 4.39 Å². The summed E-state index contributed by atoms with van der Waals surface area (Å²) in [6.45, 7) is 1.73. The molecule has 0 saturated carbocycles. The van der Waals surface area contributed by atoms with Crippen LogP contribution in [0.2, 0.25) is 0 Å². The number of halogens is 1. The lowest BCUT2D eigenvalue weighted by molar-refractivity contribution is 0.0409. The van der Waals surface area contributed by atoms with Crippen LogP contribution in [0, 0.1) is 5.82 Å². The van der Waals surface area contributed by atoms with E-state index in [0.717, 1.165) is 18.4 Å². The Morgan fingerprint density at radius 3 is 2.55 bits per heavy atom. The van der Waals surface area contributed by atoms with Gasteiger partial charge in [-0.2, -0.15) is 4.98 Å². The quantitative estimate of drug-likeness (QED) is 0.927. The third-order valence-electron chi connectivity index (χ3n) is 3.82. The standard InChI is InChI=1S/C14H16FN3O2/c15-11-3-1-10(2-4-11)12-17-13(20-18-12)14(9-16)5-7-19-8-6-14/h1-4H,5-9,16H2. The van der Waals surface area contributed by atoms with Crippen LogP contribution >= 0.6 is 0 Å². The van der Waals surface area contributed by atoms with Gasteiger partial charge in [0.25, 0.3) is 0 Å². The average molecular weight is 277 g/mol. The molecule has 2 aromatic rings. The number of nitrogens with zero attached hydrogens (tertiary/aromatic N) is 2. The second-order valence-electron chi connectivity index (χ2n) is 5.03. The normalized spacial score (nSPS) is 18.1. The molecule has 1 aromatic carbocycles. The van der Waals surface area contributed by atoms with Crippen molar-refractivity contribution in [2.24, 2.45) is 5.73 Å². The fourth-order valence-corrected chi connectivity index (χ4v) is 2.42. The van der Waals surface area contributed by atoms with Gasteiger partial charge in [0, 0.05) is 25.3 Å². The van der Waals surface area contributed by atoms with Crippen molar-refractivity contribution in [2.75, 3.05) is 19.8 Å². The molecule has 0 radical (unpaired) electrons. The topological polar surface area (TPSA) is 74.2 Å². The first-order chi connectivity index (χ1) is 9.73. The van der Waals surface area contributed by atoms with Crippen molar-refractivity contribution >= 4 is 0 Å². The summed E-state index contributed by atoms with van der Waals surface area (Å²) in [5.74, 6) is 0.710. The number of aromatic nitrogens is 2. The highest BCUT2D eigenvalue weighted by Crippen LogP contribution is 2.33. The number of hydrogen-bond acceptors (Lipinski definition) is 5. The van der Waals surface area contributed by atoms with E-state index < -0.39 is 0 Å². The Morgan fingerprint density at radius 1 is 1.20 bits per heavy atom. The lowest BCUT2D eigenvalue weighted by Crippen LogP contribution is -2.40. The third-order valence-corrected chi connectivity index (χ3v) is 3.82. The minimum Gasteiger partial charge on any atom is -0.381 e. The van der Waals surface area contributed by atoms with Crippen molar-refractivity contribution in [1.82, 2.24) is 10.1 Å². The molecular formula is C14H16FN3O2. The number of ether oxygens (including phenoxy) is 1. The molecule has 0 aliphatic carbocycles. The van der Waals surface area contributed by atoms with Gasteiger partial charge in [0.2, 0.25) is 11.7 Å². The van der Waals surface area contributed by atoms with Gasteiger partial charge in [0.05, 0.1) is 5.41 Å². The van der Waals surface area contributed by atoms with Gasteiger partial charge in [0.1, 0.15) is 5.82 Å². The SMILES string of the molecule is NCC1(c2nc(-c3ccc(F)cc3)no2)CCOCC1.